The molecule has 1 fully saturated rings. The molecule has 0 amide bonds. The maximum atomic E-state index is 12.3. The number of nitrogens with zero attached hydrogens (tertiary/aromatic N) is 5. The number of ether oxygens (including phenoxy) is 4. The van der Waals surface area contributed by atoms with Gasteiger partial charge in [-0.15, -0.1) is 13.2 Å². The highest BCUT2D eigenvalue weighted by molar-refractivity contribution is 5.49. The number of nitro groups is 1. The van der Waals surface area contributed by atoms with Crippen LogP contribution < -0.4 is 23.8 Å². The second kappa shape index (κ2) is 13.4. The van der Waals surface area contributed by atoms with Crippen molar-refractivity contribution >= 4 is 11.5 Å². The van der Waals surface area contributed by atoms with Crippen molar-refractivity contribution in [3.05, 3.63) is 100 Å². The summed E-state index contributed by atoms with van der Waals surface area (Å²) < 4.78 is 60.4. The molecule has 0 N–H and O–H groups in total. The summed E-state index contributed by atoms with van der Waals surface area (Å²) in [5.41, 5.74) is 2.37. The van der Waals surface area contributed by atoms with Gasteiger partial charge in [-0.05, 0) is 71.5 Å². The van der Waals surface area contributed by atoms with Crippen LogP contribution >= 0.6 is 0 Å². The highest BCUT2D eigenvalue weighted by Crippen LogP contribution is 2.31. The Labute approximate surface area is 269 Å². The number of alkyl halides is 3. The molecule has 2 aliphatic rings. The predicted octanol–water partition coefficient (Wildman–Crippen LogP) is 6.21. The van der Waals surface area contributed by atoms with E-state index in [2.05, 4.69) is 31.7 Å². The predicted molar refractivity (Wildman–Crippen MR) is 166 cm³/mol. The van der Waals surface area contributed by atoms with Crippen LogP contribution in [0.3, 0.4) is 0 Å². The van der Waals surface area contributed by atoms with Gasteiger partial charge < -0.3 is 34.0 Å². The molecule has 248 valence electrons. The van der Waals surface area contributed by atoms with Gasteiger partial charge in [-0.3, -0.25) is 9.47 Å². The van der Waals surface area contributed by atoms with Crippen molar-refractivity contribution in [2.45, 2.75) is 45.0 Å². The van der Waals surface area contributed by atoms with Crippen molar-refractivity contribution in [1.29, 1.82) is 0 Å². The standard InChI is InChI=1S/C33H34F3N5O6/c1-32(14-15-40-21-30(41(42)43)37-31(40)47-32)23-45-28-12-6-26(7-13-28)39-18-16-38(17-19-39)20-24-2-8-27(9-3-24)44-22-25-4-10-29(11-5-25)46-33(34,35)36/h2-13,21H,14-20,22-23H2,1H3. The molecule has 0 aliphatic carbocycles. The Morgan fingerprint density at radius 1 is 0.872 bits per heavy atom. The Bertz CT molecular complexity index is 1660. The average Bonchev–Trinajstić information content (AvgIpc) is 3.48. The van der Waals surface area contributed by atoms with E-state index < -0.39 is 16.9 Å². The smallest absolute Gasteiger partial charge is 0.489 e. The largest absolute Gasteiger partial charge is 0.573 e. The van der Waals surface area contributed by atoms with E-state index in [0.29, 0.717) is 18.7 Å². The summed E-state index contributed by atoms with van der Waals surface area (Å²) in [5, 5.41) is 11.0. The second-order valence-electron chi connectivity index (χ2n) is 11.8. The van der Waals surface area contributed by atoms with E-state index >= 15 is 0 Å². The number of hydrogen-bond donors (Lipinski definition) is 0. The number of hydrogen-bond acceptors (Lipinski definition) is 9. The van der Waals surface area contributed by atoms with Gasteiger partial charge >= 0.3 is 18.2 Å². The van der Waals surface area contributed by atoms with Crippen LogP contribution in [0, 0.1) is 10.1 Å². The summed E-state index contributed by atoms with van der Waals surface area (Å²) in [6, 6.07) is 21.7. The molecule has 3 aromatic carbocycles. The lowest BCUT2D eigenvalue weighted by Gasteiger charge is -2.36. The summed E-state index contributed by atoms with van der Waals surface area (Å²) in [4.78, 5) is 19.2. The van der Waals surface area contributed by atoms with Crippen LogP contribution in [-0.4, -0.2) is 64.1 Å². The number of imidazole rings is 1. The topological polar surface area (TPSA) is 104 Å². The van der Waals surface area contributed by atoms with E-state index in [1.165, 1.54) is 23.9 Å². The van der Waals surface area contributed by atoms with Crippen LogP contribution in [0.15, 0.2) is 79.0 Å². The summed E-state index contributed by atoms with van der Waals surface area (Å²) in [5.74, 6) is 0.910. The number of piperazine rings is 1. The van der Waals surface area contributed by atoms with Gasteiger partial charge in [-0.1, -0.05) is 24.3 Å². The van der Waals surface area contributed by atoms with Crippen molar-refractivity contribution < 1.29 is 37.0 Å². The van der Waals surface area contributed by atoms with Gasteiger partial charge in [-0.2, -0.15) is 0 Å². The highest BCUT2D eigenvalue weighted by Gasteiger charge is 2.37. The molecule has 6 rings (SSSR count). The zero-order valence-electron chi connectivity index (χ0n) is 25.7. The van der Waals surface area contributed by atoms with E-state index in [1.54, 1.807) is 16.7 Å². The van der Waals surface area contributed by atoms with Crippen molar-refractivity contribution in [3.8, 4) is 23.3 Å². The molecule has 1 aromatic heterocycles. The van der Waals surface area contributed by atoms with Gasteiger partial charge in [0.2, 0.25) is 0 Å². The third-order valence-corrected chi connectivity index (χ3v) is 8.14. The van der Waals surface area contributed by atoms with E-state index in [9.17, 15) is 23.3 Å². The van der Waals surface area contributed by atoms with Crippen molar-refractivity contribution in [3.63, 3.8) is 0 Å². The van der Waals surface area contributed by atoms with Crippen molar-refractivity contribution in [2.75, 3.05) is 37.7 Å². The zero-order chi connectivity index (χ0) is 33.0. The zero-order valence-corrected chi connectivity index (χ0v) is 25.7. The molecule has 14 heteroatoms. The molecule has 1 atom stereocenters. The average molecular weight is 654 g/mol. The normalized spacial score (nSPS) is 18.3. The lowest BCUT2D eigenvalue weighted by Crippen LogP contribution is -2.45. The molecule has 3 heterocycles. The third-order valence-electron chi connectivity index (χ3n) is 8.14. The fraction of sp³-hybridized carbons (Fsp3) is 0.364. The van der Waals surface area contributed by atoms with E-state index in [1.807, 2.05) is 43.3 Å². The number of halogens is 3. The first kappa shape index (κ1) is 32.0. The SMILES string of the molecule is CC1(COc2ccc(N3CCN(Cc4ccc(OCc5ccc(OC(F)(F)F)cc5)cc4)CC3)cc2)CCn2cc([N+](=O)[O-])nc2O1. The molecule has 0 saturated carbocycles. The van der Waals surface area contributed by atoms with Crippen LogP contribution in [0.1, 0.15) is 24.5 Å². The Morgan fingerprint density at radius 2 is 1.49 bits per heavy atom. The Kier molecular flexibility index (Phi) is 9.12. The number of anilines is 1. The van der Waals surface area contributed by atoms with Crippen LogP contribution in [0.25, 0.3) is 0 Å². The molecule has 1 unspecified atom stereocenters. The minimum absolute atomic E-state index is 0.227. The Morgan fingerprint density at radius 3 is 2.15 bits per heavy atom. The molecular formula is C33H34F3N5O6. The number of rotatable bonds is 11. The second-order valence-corrected chi connectivity index (χ2v) is 11.8. The molecular weight excluding hydrogens is 619 g/mol. The first-order valence-electron chi connectivity index (χ1n) is 15.2. The summed E-state index contributed by atoms with van der Waals surface area (Å²) >= 11 is 0. The lowest BCUT2D eigenvalue weighted by atomic mass is 10.0. The maximum absolute atomic E-state index is 12.3. The maximum Gasteiger partial charge on any atom is 0.573 e. The molecule has 11 nitrogen and oxygen atoms in total. The third kappa shape index (κ3) is 8.44. The van der Waals surface area contributed by atoms with E-state index in [4.69, 9.17) is 14.2 Å². The quantitative estimate of drug-likeness (QED) is 0.138. The number of fused-ring (bicyclic) bond motifs is 1. The molecule has 0 spiro atoms. The van der Waals surface area contributed by atoms with E-state index in [-0.39, 0.29) is 30.8 Å². The molecule has 0 radical (unpaired) electrons. The molecule has 0 bridgehead atoms. The fourth-order valence-corrected chi connectivity index (χ4v) is 5.50. The van der Waals surface area contributed by atoms with Crippen molar-refractivity contribution in [1.82, 2.24) is 14.5 Å². The summed E-state index contributed by atoms with van der Waals surface area (Å²) in [6.07, 6.45) is -2.69. The number of benzene rings is 3. The lowest BCUT2D eigenvalue weighted by molar-refractivity contribution is -0.389. The van der Waals surface area contributed by atoms with Crippen molar-refractivity contribution in [2.24, 2.45) is 0 Å². The first-order valence-corrected chi connectivity index (χ1v) is 15.2. The summed E-state index contributed by atoms with van der Waals surface area (Å²) in [7, 11) is 0. The fourth-order valence-electron chi connectivity index (χ4n) is 5.50. The number of aromatic nitrogens is 2. The van der Waals surface area contributed by atoms with Gasteiger partial charge in [0.1, 0.15) is 42.3 Å². The summed E-state index contributed by atoms with van der Waals surface area (Å²) in [6.45, 7) is 7.41. The highest BCUT2D eigenvalue weighted by atomic mass is 19.4. The molecule has 4 aromatic rings. The molecule has 2 aliphatic heterocycles. The molecule has 1 saturated heterocycles. The van der Waals surface area contributed by atoms with Crippen LogP contribution in [0.4, 0.5) is 24.7 Å². The van der Waals surface area contributed by atoms with Crippen LogP contribution in [0.2, 0.25) is 0 Å². The minimum Gasteiger partial charge on any atom is -0.489 e. The van der Waals surface area contributed by atoms with Gasteiger partial charge in [0, 0.05) is 56.4 Å². The van der Waals surface area contributed by atoms with Gasteiger partial charge in [-0.25, -0.2) is 0 Å². The van der Waals surface area contributed by atoms with Gasteiger partial charge in [0.25, 0.3) is 0 Å². The van der Waals surface area contributed by atoms with Crippen LogP contribution in [0.5, 0.6) is 23.3 Å². The van der Waals surface area contributed by atoms with Gasteiger partial charge in [0.05, 0.1) is 0 Å². The monoisotopic (exact) mass is 653 g/mol. The number of aryl methyl sites for hydroxylation is 1. The van der Waals surface area contributed by atoms with E-state index in [0.717, 1.165) is 49.7 Å². The van der Waals surface area contributed by atoms with Gasteiger partial charge in [0.15, 0.2) is 0 Å². The Hall–Kier alpha value is -4.98. The minimum atomic E-state index is -4.71. The molecule has 47 heavy (non-hydrogen) atoms. The Balaban J connectivity index is 0.919. The first-order chi connectivity index (χ1) is 22.5. The van der Waals surface area contributed by atoms with Crippen LogP contribution in [-0.2, 0) is 19.7 Å².